The second kappa shape index (κ2) is 11.8. The van der Waals surface area contributed by atoms with Gasteiger partial charge in [-0.05, 0) is 106 Å². The largest absolute Gasteiger partial charge is 0.435 e. The summed E-state index contributed by atoms with van der Waals surface area (Å²) in [7, 11) is 0. The molecule has 2 heteroatoms. The number of nitrogens with zero attached hydrogens (tertiary/aromatic N) is 1. The summed E-state index contributed by atoms with van der Waals surface area (Å²) in [6, 6.07) is 67.7. The van der Waals surface area contributed by atoms with E-state index in [-0.39, 0.29) is 0 Å². The summed E-state index contributed by atoms with van der Waals surface area (Å²) in [5, 5.41) is 12.0. The molecule has 0 atom stereocenters. The van der Waals surface area contributed by atoms with Crippen molar-refractivity contribution in [3.63, 3.8) is 0 Å². The number of hydrogen-bond acceptors (Lipinski definition) is 2. The quantitative estimate of drug-likeness (QED) is 0.137. The summed E-state index contributed by atoms with van der Waals surface area (Å²) in [6.45, 7) is 0. The molecule has 0 amide bonds. The van der Waals surface area contributed by atoms with Crippen molar-refractivity contribution in [2.45, 2.75) is 0 Å². The molecular weight excluding hydrogens is 643 g/mol. The summed E-state index contributed by atoms with van der Waals surface area (Å²) in [5.74, 6) is 0.641. The molecule has 0 aliphatic carbocycles. The fraction of sp³-hybridized carbons (Fsp3) is 0. The maximum Gasteiger partial charge on any atom is 0.227 e. The fourth-order valence-corrected chi connectivity index (χ4v) is 8.51. The Morgan fingerprint density at radius 1 is 0.340 bits per heavy atom. The zero-order valence-corrected chi connectivity index (χ0v) is 28.8. The minimum Gasteiger partial charge on any atom is -0.435 e. The van der Waals surface area contributed by atoms with Crippen LogP contribution in [0.3, 0.4) is 0 Å². The Morgan fingerprint density at radius 2 is 0.868 bits per heavy atom. The third-order valence-electron chi connectivity index (χ3n) is 10.9. The summed E-state index contributed by atoms with van der Waals surface area (Å²) in [6.07, 6.45) is 0. The molecule has 0 aliphatic rings. The molecule has 0 unspecified atom stereocenters. The van der Waals surface area contributed by atoms with Crippen molar-refractivity contribution in [1.82, 2.24) is 4.98 Å². The van der Waals surface area contributed by atoms with Crippen LogP contribution < -0.4 is 0 Å². The van der Waals surface area contributed by atoms with Crippen molar-refractivity contribution in [3.8, 4) is 44.8 Å². The van der Waals surface area contributed by atoms with Gasteiger partial charge in [-0.15, -0.1) is 0 Å². The molecule has 0 saturated heterocycles. The van der Waals surface area contributed by atoms with Crippen LogP contribution in [0.4, 0.5) is 0 Å². The molecule has 2 nitrogen and oxygen atoms in total. The van der Waals surface area contributed by atoms with E-state index in [0.29, 0.717) is 5.89 Å². The second-order valence-electron chi connectivity index (χ2n) is 13.8. The lowest BCUT2D eigenvalue weighted by molar-refractivity contribution is 0.623. The van der Waals surface area contributed by atoms with Gasteiger partial charge < -0.3 is 4.42 Å². The fourth-order valence-electron chi connectivity index (χ4n) is 8.51. The first kappa shape index (κ1) is 29.7. The first-order chi connectivity index (χ1) is 26.3. The van der Waals surface area contributed by atoms with Crippen LogP contribution in [0.1, 0.15) is 0 Å². The van der Waals surface area contributed by atoms with Crippen molar-refractivity contribution < 1.29 is 4.42 Å². The van der Waals surface area contributed by atoms with Gasteiger partial charge in [-0.2, -0.15) is 0 Å². The Labute approximate surface area is 306 Å². The van der Waals surface area contributed by atoms with Crippen LogP contribution in [0.2, 0.25) is 0 Å². The van der Waals surface area contributed by atoms with E-state index in [4.69, 9.17) is 9.40 Å². The predicted octanol–water partition coefficient (Wildman–Crippen LogP) is 14.3. The molecule has 0 aliphatic heterocycles. The highest BCUT2D eigenvalue weighted by molar-refractivity contribution is 6.25. The third kappa shape index (κ3) is 4.63. The number of rotatable bonds is 4. The van der Waals surface area contributed by atoms with Gasteiger partial charge in [-0.3, -0.25) is 0 Å². The van der Waals surface area contributed by atoms with Gasteiger partial charge in [0.05, 0.1) is 0 Å². The van der Waals surface area contributed by atoms with Crippen molar-refractivity contribution in [3.05, 3.63) is 188 Å². The van der Waals surface area contributed by atoms with Gasteiger partial charge >= 0.3 is 0 Å². The minimum atomic E-state index is 0.641. The molecule has 1 heterocycles. The Balaban J connectivity index is 1.15. The Morgan fingerprint density at radius 3 is 1.55 bits per heavy atom. The van der Waals surface area contributed by atoms with Gasteiger partial charge in [0.1, 0.15) is 5.52 Å². The summed E-state index contributed by atoms with van der Waals surface area (Å²) in [5.41, 5.74) is 10.1. The normalized spacial score (nSPS) is 11.8. The molecule has 11 rings (SSSR count). The number of aromatic nitrogens is 1. The molecule has 0 fully saturated rings. The van der Waals surface area contributed by atoms with Crippen molar-refractivity contribution in [2.24, 2.45) is 0 Å². The van der Waals surface area contributed by atoms with E-state index in [0.717, 1.165) is 32.8 Å². The zero-order valence-electron chi connectivity index (χ0n) is 28.8. The van der Waals surface area contributed by atoms with Crippen molar-refractivity contribution >= 4 is 65.0 Å². The van der Waals surface area contributed by atoms with Crippen LogP contribution in [0, 0.1) is 0 Å². The van der Waals surface area contributed by atoms with Gasteiger partial charge in [0.25, 0.3) is 0 Å². The molecule has 0 N–H and O–H groups in total. The lowest BCUT2D eigenvalue weighted by Crippen LogP contribution is -1.92. The lowest BCUT2D eigenvalue weighted by atomic mass is 9.83. The van der Waals surface area contributed by atoms with E-state index in [9.17, 15) is 0 Å². The van der Waals surface area contributed by atoms with E-state index in [1.165, 1.54) is 71.1 Å². The minimum absolute atomic E-state index is 0.641. The molecular formula is C51H31NO. The number of hydrogen-bond donors (Lipinski definition) is 0. The van der Waals surface area contributed by atoms with E-state index in [2.05, 4.69) is 158 Å². The molecule has 0 bridgehead atoms. The van der Waals surface area contributed by atoms with Crippen LogP contribution >= 0.6 is 0 Å². The average molecular weight is 674 g/mol. The van der Waals surface area contributed by atoms with Crippen molar-refractivity contribution in [2.75, 3.05) is 0 Å². The SMILES string of the molecule is c1ccc(-c2nc3ccc4ccc5cc(-c6c7ccccc7c(-c7ccc(-c8ccccc8)c8ccccc78)c7ccccc67)ccc5c4c3o2)cc1. The van der Waals surface area contributed by atoms with Gasteiger partial charge in [-0.25, -0.2) is 4.98 Å². The highest BCUT2D eigenvalue weighted by Crippen LogP contribution is 2.47. The van der Waals surface area contributed by atoms with E-state index >= 15 is 0 Å². The standard InChI is InChI=1S/C51H31NO/c1-3-13-32(14-4-1)37-28-29-45(40-18-8-7-17-39(37)40)49-43-21-11-9-19-41(43)47(42-20-10-12-22-44(42)49)36-25-27-38-35(31-36)24-23-33-26-30-46-50(48(33)38)53-51(52-46)34-15-5-2-6-16-34/h1-31H. The van der Waals surface area contributed by atoms with Crippen LogP contribution in [0.15, 0.2) is 192 Å². The highest BCUT2D eigenvalue weighted by atomic mass is 16.3. The van der Waals surface area contributed by atoms with E-state index in [1.807, 2.05) is 30.3 Å². The topological polar surface area (TPSA) is 26.0 Å². The van der Waals surface area contributed by atoms with Crippen LogP contribution in [0.25, 0.3) is 110 Å². The maximum absolute atomic E-state index is 6.51. The number of benzene rings is 10. The Kier molecular flexibility index (Phi) is 6.59. The van der Waals surface area contributed by atoms with Crippen LogP contribution in [-0.4, -0.2) is 4.98 Å². The molecule has 10 aromatic carbocycles. The van der Waals surface area contributed by atoms with Crippen molar-refractivity contribution in [1.29, 1.82) is 0 Å². The predicted molar refractivity (Wildman–Crippen MR) is 223 cm³/mol. The highest BCUT2D eigenvalue weighted by Gasteiger charge is 2.20. The second-order valence-corrected chi connectivity index (χ2v) is 13.8. The molecule has 0 radical (unpaired) electrons. The average Bonchev–Trinajstić information content (AvgIpc) is 3.68. The molecule has 0 spiro atoms. The van der Waals surface area contributed by atoms with Crippen LogP contribution in [0.5, 0.6) is 0 Å². The molecule has 0 saturated carbocycles. The molecule has 53 heavy (non-hydrogen) atoms. The Bertz CT molecular complexity index is 3160. The van der Waals surface area contributed by atoms with Gasteiger partial charge in [0.2, 0.25) is 5.89 Å². The Hall–Kier alpha value is -7.03. The van der Waals surface area contributed by atoms with E-state index in [1.54, 1.807) is 0 Å². The monoisotopic (exact) mass is 673 g/mol. The summed E-state index contributed by atoms with van der Waals surface area (Å²) in [4.78, 5) is 4.88. The first-order valence-corrected chi connectivity index (χ1v) is 18.1. The van der Waals surface area contributed by atoms with Gasteiger partial charge in [0, 0.05) is 10.9 Å². The first-order valence-electron chi connectivity index (χ1n) is 18.1. The molecule has 246 valence electrons. The molecule has 11 aromatic rings. The number of fused-ring (bicyclic) bond motifs is 8. The zero-order chi connectivity index (χ0) is 34.9. The summed E-state index contributed by atoms with van der Waals surface area (Å²) < 4.78 is 6.51. The van der Waals surface area contributed by atoms with Gasteiger partial charge in [-0.1, -0.05) is 164 Å². The molecule has 1 aromatic heterocycles. The van der Waals surface area contributed by atoms with Gasteiger partial charge in [0.15, 0.2) is 5.58 Å². The van der Waals surface area contributed by atoms with Crippen LogP contribution in [-0.2, 0) is 0 Å². The lowest BCUT2D eigenvalue weighted by Gasteiger charge is -2.20. The third-order valence-corrected chi connectivity index (χ3v) is 10.9. The maximum atomic E-state index is 6.51. The van der Waals surface area contributed by atoms with E-state index < -0.39 is 0 Å². The smallest absolute Gasteiger partial charge is 0.227 e. The number of oxazole rings is 1. The summed E-state index contributed by atoms with van der Waals surface area (Å²) >= 11 is 0.